The molecule has 2 aromatic rings. The fourth-order valence-corrected chi connectivity index (χ4v) is 3.09. The maximum Gasteiger partial charge on any atom is 0.407 e. The van der Waals surface area contributed by atoms with Crippen molar-refractivity contribution in [2.75, 3.05) is 20.8 Å². The van der Waals surface area contributed by atoms with Crippen molar-refractivity contribution in [2.45, 2.75) is 51.5 Å². The van der Waals surface area contributed by atoms with Crippen LogP contribution in [-0.2, 0) is 17.7 Å². The van der Waals surface area contributed by atoms with E-state index < -0.39 is 23.8 Å². The Labute approximate surface area is 184 Å². The summed E-state index contributed by atoms with van der Waals surface area (Å²) in [6.07, 6.45) is -0.888. The Balaban J connectivity index is 2.01. The summed E-state index contributed by atoms with van der Waals surface area (Å²) in [5.41, 5.74) is 1.36. The number of benzene rings is 2. The van der Waals surface area contributed by atoms with Gasteiger partial charge in [0.25, 0.3) is 0 Å². The molecular formula is C24H34N2O5. The lowest BCUT2D eigenvalue weighted by molar-refractivity contribution is 0.0422. The van der Waals surface area contributed by atoms with E-state index in [2.05, 4.69) is 10.6 Å². The highest BCUT2D eigenvalue weighted by atomic mass is 16.6. The molecule has 0 aromatic heterocycles. The number of rotatable bonds is 10. The first-order chi connectivity index (χ1) is 14.7. The second-order valence-electron chi connectivity index (χ2n) is 8.36. The minimum Gasteiger partial charge on any atom is -0.497 e. The second-order valence-corrected chi connectivity index (χ2v) is 8.36. The Hall–Kier alpha value is -2.77. The molecule has 1 amide bonds. The highest BCUT2D eigenvalue weighted by molar-refractivity contribution is 5.68. The maximum absolute atomic E-state index is 12.3. The Kier molecular flexibility index (Phi) is 9.15. The molecule has 7 heteroatoms. The third-order valence-electron chi connectivity index (χ3n) is 4.56. The van der Waals surface area contributed by atoms with Gasteiger partial charge < -0.3 is 30.0 Å². The van der Waals surface area contributed by atoms with E-state index in [0.717, 1.165) is 11.1 Å². The molecule has 7 nitrogen and oxygen atoms in total. The molecule has 0 saturated carbocycles. The summed E-state index contributed by atoms with van der Waals surface area (Å²) in [5.74, 6) is 1.40. The molecule has 2 atom stereocenters. The van der Waals surface area contributed by atoms with E-state index in [1.165, 1.54) is 0 Å². The molecule has 170 valence electrons. The van der Waals surface area contributed by atoms with Gasteiger partial charge in [0.15, 0.2) is 0 Å². The predicted molar refractivity (Wildman–Crippen MR) is 121 cm³/mol. The lowest BCUT2D eigenvalue weighted by Gasteiger charge is -2.27. The van der Waals surface area contributed by atoms with Crippen LogP contribution in [0.5, 0.6) is 11.5 Å². The largest absolute Gasteiger partial charge is 0.497 e. The van der Waals surface area contributed by atoms with E-state index in [0.29, 0.717) is 24.5 Å². The van der Waals surface area contributed by atoms with E-state index in [4.69, 9.17) is 14.2 Å². The third kappa shape index (κ3) is 8.86. The number of aliphatic hydroxyl groups is 1. The van der Waals surface area contributed by atoms with Gasteiger partial charge in [-0.2, -0.15) is 0 Å². The molecule has 2 rings (SSSR count). The average molecular weight is 431 g/mol. The summed E-state index contributed by atoms with van der Waals surface area (Å²) >= 11 is 0. The lowest BCUT2D eigenvalue weighted by atomic mass is 10.0. The second kappa shape index (κ2) is 11.6. The van der Waals surface area contributed by atoms with Crippen LogP contribution in [-0.4, -0.2) is 49.7 Å². The van der Waals surface area contributed by atoms with E-state index in [9.17, 15) is 9.90 Å². The van der Waals surface area contributed by atoms with Gasteiger partial charge in [-0.1, -0.05) is 30.3 Å². The molecule has 31 heavy (non-hydrogen) atoms. The zero-order valence-electron chi connectivity index (χ0n) is 19.0. The number of hydrogen-bond acceptors (Lipinski definition) is 6. The minimum absolute atomic E-state index is 0.285. The first kappa shape index (κ1) is 24.5. The van der Waals surface area contributed by atoms with Gasteiger partial charge in [0.1, 0.15) is 17.1 Å². The minimum atomic E-state index is -0.819. The number of carbonyl (C=O) groups is 1. The Morgan fingerprint density at radius 1 is 1.00 bits per heavy atom. The van der Waals surface area contributed by atoms with Crippen LogP contribution in [0.2, 0.25) is 0 Å². The van der Waals surface area contributed by atoms with Crippen LogP contribution in [0.1, 0.15) is 31.9 Å². The SMILES string of the molecule is COc1cc(CNC[C@@H](O)[C@H](Cc2ccccc2)NC(=O)OC(C)(C)C)cc(OC)c1. The van der Waals surface area contributed by atoms with Gasteiger partial charge in [-0.25, -0.2) is 4.79 Å². The van der Waals surface area contributed by atoms with Gasteiger partial charge >= 0.3 is 6.09 Å². The summed E-state index contributed by atoms with van der Waals surface area (Å²) < 4.78 is 16.0. The molecule has 3 N–H and O–H groups in total. The molecular weight excluding hydrogens is 396 g/mol. The fourth-order valence-electron chi connectivity index (χ4n) is 3.09. The van der Waals surface area contributed by atoms with Crippen molar-refractivity contribution in [3.05, 3.63) is 59.7 Å². The molecule has 0 aliphatic carbocycles. The number of methoxy groups -OCH3 is 2. The number of amides is 1. The number of nitrogens with one attached hydrogen (secondary N) is 2. The quantitative estimate of drug-likeness (QED) is 0.536. The van der Waals surface area contributed by atoms with Crippen molar-refractivity contribution < 1.29 is 24.1 Å². The average Bonchev–Trinajstić information content (AvgIpc) is 2.72. The molecule has 0 aliphatic heterocycles. The van der Waals surface area contributed by atoms with Crippen molar-refractivity contribution in [2.24, 2.45) is 0 Å². The van der Waals surface area contributed by atoms with Crippen LogP contribution in [0.15, 0.2) is 48.5 Å². The van der Waals surface area contributed by atoms with Crippen LogP contribution >= 0.6 is 0 Å². The molecule has 0 heterocycles. The van der Waals surface area contributed by atoms with E-state index >= 15 is 0 Å². The first-order valence-corrected chi connectivity index (χ1v) is 10.3. The summed E-state index contributed by atoms with van der Waals surface area (Å²) in [4.78, 5) is 12.3. The number of carbonyl (C=O) groups excluding carboxylic acids is 1. The van der Waals surface area contributed by atoms with Gasteiger partial charge in [0.2, 0.25) is 0 Å². The van der Waals surface area contributed by atoms with Crippen molar-refractivity contribution >= 4 is 6.09 Å². The Morgan fingerprint density at radius 2 is 1.61 bits per heavy atom. The predicted octanol–water partition coefficient (Wildman–Crippen LogP) is 3.29. The van der Waals surface area contributed by atoms with Crippen LogP contribution in [0, 0.1) is 0 Å². The third-order valence-corrected chi connectivity index (χ3v) is 4.56. The Bertz CT molecular complexity index is 798. The smallest absolute Gasteiger partial charge is 0.407 e. The molecule has 0 bridgehead atoms. The van der Waals surface area contributed by atoms with Crippen LogP contribution < -0.4 is 20.1 Å². The van der Waals surface area contributed by atoms with Crippen LogP contribution in [0.4, 0.5) is 4.79 Å². The van der Waals surface area contributed by atoms with Crippen molar-refractivity contribution in [3.63, 3.8) is 0 Å². The highest BCUT2D eigenvalue weighted by Crippen LogP contribution is 2.22. The monoisotopic (exact) mass is 430 g/mol. The first-order valence-electron chi connectivity index (χ1n) is 10.3. The normalized spacial score (nSPS) is 13.2. The molecule has 0 fully saturated rings. The number of ether oxygens (including phenoxy) is 3. The Morgan fingerprint density at radius 3 is 2.16 bits per heavy atom. The van der Waals surface area contributed by atoms with Crippen molar-refractivity contribution in [3.8, 4) is 11.5 Å². The number of hydrogen-bond donors (Lipinski definition) is 3. The number of alkyl carbamates (subject to hydrolysis) is 1. The summed E-state index contributed by atoms with van der Waals surface area (Å²) in [5, 5.41) is 16.9. The zero-order valence-corrected chi connectivity index (χ0v) is 19.0. The number of aliphatic hydroxyl groups excluding tert-OH is 1. The molecule has 0 spiro atoms. The van der Waals surface area contributed by atoms with Gasteiger partial charge in [-0.15, -0.1) is 0 Å². The lowest BCUT2D eigenvalue weighted by Crippen LogP contribution is -2.49. The summed E-state index contributed by atoms with van der Waals surface area (Å²) in [6, 6.07) is 14.8. The van der Waals surface area contributed by atoms with E-state index in [1.54, 1.807) is 41.1 Å². The molecule has 0 aliphatic rings. The fraction of sp³-hybridized carbons (Fsp3) is 0.458. The van der Waals surface area contributed by atoms with Gasteiger partial charge in [0, 0.05) is 19.2 Å². The van der Waals surface area contributed by atoms with Crippen molar-refractivity contribution in [1.82, 2.24) is 10.6 Å². The summed E-state index contributed by atoms with van der Waals surface area (Å²) in [6.45, 7) is 6.21. The van der Waals surface area contributed by atoms with Gasteiger partial charge in [-0.3, -0.25) is 0 Å². The van der Waals surface area contributed by atoms with E-state index in [1.807, 2.05) is 42.5 Å². The highest BCUT2D eigenvalue weighted by Gasteiger charge is 2.25. The molecule has 0 unspecified atom stereocenters. The zero-order chi connectivity index (χ0) is 22.9. The van der Waals surface area contributed by atoms with Crippen LogP contribution in [0.25, 0.3) is 0 Å². The van der Waals surface area contributed by atoms with E-state index in [-0.39, 0.29) is 6.54 Å². The summed E-state index contributed by atoms with van der Waals surface area (Å²) in [7, 11) is 3.21. The topological polar surface area (TPSA) is 89.1 Å². The standard InChI is InChI=1S/C24H34N2O5/c1-24(2,3)31-23(28)26-21(13-17-9-7-6-8-10-17)22(27)16-25-15-18-11-19(29-4)14-20(12-18)30-5/h6-12,14,21-22,25,27H,13,15-16H2,1-5H3,(H,26,28)/t21-,22+/m0/s1. The van der Waals surface area contributed by atoms with Gasteiger partial charge in [-0.05, 0) is 50.5 Å². The molecule has 0 radical (unpaired) electrons. The molecule has 0 saturated heterocycles. The van der Waals surface area contributed by atoms with Gasteiger partial charge in [0.05, 0.1) is 26.4 Å². The molecule has 2 aromatic carbocycles. The maximum atomic E-state index is 12.3. The van der Waals surface area contributed by atoms with Crippen LogP contribution in [0.3, 0.4) is 0 Å². The van der Waals surface area contributed by atoms with Crippen molar-refractivity contribution in [1.29, 1.82) is 0 Å².